The van der Waals surface area contributed by atoms with Gasteiger partial charge in [0.1, 0.15) is 11.5 Å². The van der Waals surface area contributed by atoms with E-state index >= 15 is 0 Å². The molecule has 0 aromatic heterocycles. The lowest BCUT2D eigenvalue weighted by Crippen LogP contribution is -1.99. The predicted molar refractivity (Wildman–Crippen MR) is 150 cm³/mol. The first-order valence-corrected chi connectivity index (χ1v) is 15.2. The Morgan fingerprint density at radius 1 is 0.353 bits per heavy atom. The van der Waals surface area contributed by atoms with Crippen molar-refractivity contribution in [2.24, 2.45) is 0 Å². The monoisotopic (exact) mass is 474 g/mol. The summed E-state index contributed by atoms with van der Waals surface area (Å²) < 4.78 is 11.8. The highest BCUT2D eigenvalue weighted by molar-refractivity contribution is 5.31. The van der Waals surface area contributed by atoms with Crippen LogP contribution in [0.1, 0.15) is 155 Å². The Morgan fingerprint density at radius 2 is 0.588 bits per heavy atom. The van der Waals surface area contributed by atoms with Crippen LogP contribution < -0.4 is 9.47 Å². The first-order valence-electron chi connectivity index (χ1n) is 15.2. The molecule has 0 unspecified atom stereocenters. The summed E-state index contributed by atoms with van der Waals surface area (Å²) in [5.74, 6) is 1.93. The van der Waals surface area contributed by atoms with Crippen LogP contribution >= 0.6 is 0 Å². The maximum absolute atomic E-state index is 5.91. The molecule has 0 saturated heterocycles. The minimum atomic E-state index is 0.829. The molecule has 34 heavy (non-hydrogen) atoms. The molecule has 0 bridgehead atoms. The summed E-state index contributed by atoms with van der Waals surface area (Å²) in [6.07, 6.45) is 30.2. The van der Waals surface area contributed by atoms with Gasteiger partial charge in [0, 0.05) is 0 Å². The minimum absolute atomic E-state index is 0.829. The molecule has 0 fully saturated rings. The van der Waals surface area contributed by atoms with Crippen molar-refractivity contribution in [3.05, 3.63) is 24.3 Å². The van der Waals surface area contributed by atoms with Gasteiger partial charge >= 0.3 is 0 Å². The van der Waals surface area contributed by atoms with Crippen molar-refractivity contribution in [3.8, 4) is 11.5 Å². The van der Waals surface area contributed by atoms with Crippen LogP contribution in [0.3, 0.4) is 0 Å². The summed E-state index contributed by atoms with van der Waals surface area (Å²) >= 11 is 0. The van der Waals surface area contributed by atoms with Crippen LogP contribution in [-0.4, -0.2) is 13.2 Å². The Kier molecular flexibility index (Phi) is 22.6. The molecule has 0 aliphatic rings. The molecule has 2 heteroatoms. The molecule has 1 rings (SSSR count). The first kappa shape index (κ1) is 30.9. The van der Waals surface area contributed by atoms with E-state index in [4.69, 9.17) is 9.47 Å². The van der Waals surface area contributed by atoms with E-state index < -0.39 is 0 Å². The third kappa shape index (κ3) is 20.2. The Labute approximate surface area is 213 Å². The molecule has 0 atom stereocenters. The number of ether oxygens (including phenoxy) is 2. The van der Waals surface area contributed by atoms with Gasteiger partial charge in [-0.1, -0.05) is 142 Å². The van der Waals surface area contributed by atoms with Crippen molar-refractivity contribution in [1.82, 2.24) is 0 Å². The van der Waals surface area contributed by atoms with Crippen LogP contribution in [0.2, 0.25) is 0 Å². The summed E-state index contributed by atoms with van der Waals surface area (Å²) in [7, 11) is 0. The smallest absolute Gasteiger partial charge is 0.119 e. The van der Waals surface area contributed by atoms with E-state index in [1.54, 1.807) is 0 Å². The molecule has 1 aromatic rings. The van der Waals surface area contributed by atoms with Gasteiger partial charge in [0.25, 0.3) is 0 Å². The molecule has 0 spiro atoms. The van der Waals surface area contributed by atoms with Crippen molar-refractivity contribution in [2.75, 3.05) is 13.2 Å². The summed E-state index contributed by atoms with van der Waals surface area (Å²) in [4.78, 5) is 0. The lowest BCUT2D eigenvalue weighted by Gasteiger charge is -2.09. The van der Waals surface area contributed by atoms with Crippen LogP contribution in [0.5, 0.6) is 11.5 Å². The third-order valence-corrected chi connectivity index (χ3v) is 6.86. The van der Waals surface area contributed by atoms with Gasteiger partial charge in [-0.15, -0.1) is 0 Å². The van der Waals surface area contributed by atoms with Gasteiger partial charge < -0.3 is 9.47 Å². The van der Waals surface area contributed by atoms with Crippen LogP contribution in [-0.2, 0) is 0 Å². The molecule has 0 radical (unpaired) electrons. The fraction of sp³-hybridized carbons (Fsp3) is 0.812. The van der Waals surface area contributed by atoms with E-state index in [1.165, 1.54) is 128 Å². The van der Waals surface area contributed by atoms with E-state index in [9.17, 15) is 0 Å². The average Bonchev–Trinajstić information content (AvgIpc) is 2.86. The zero-order valence-corrected chi connectivity index (χ0v) is 23.1. The van der Waals surface area contributed by atoms with E-state index in [0.29, 0.717) is 0 Å². The highest BCUT2D eigenvalue weighted by atomic mass is 16.5. The molecule has 2 nitrogen and oxygen atoms in total. The second-order valence-electron chi connectivity index (χ2n) is 10.2. The lowest BCUT2D eigenvalue weighted by atomic mass is 10.1. The third-order valence-electron chi connectivity index (χ3n) is 6.86. The number of benzene rings is 1. The quantitative estimate of drug-likeness (QED) is 0.124. The summed E-state index contributed by atoms with van der Waals surface area (Å²) in [5.41, 5.74) is 0. The number of rotatable bonds is 26. The summed E-state index contributed by atoms with van der Waals surface area (Å²) in [5, 5.41) is 0. The SMILES string of the molecule is CCCCCCCCCCCCCOc1ccc(OCCCCCCCCCCCCC)cc1. The molecule has 0 aliphatic heterocycles. The molecule has 0 N–H and O–H groups in total. The van der Waals surface area contributed by atoms with Crippen LogP contribution in [0.15, 0.2) is 24.3 Å². The highest BCUT2D eigenvalue weighted by Gasteiger charge is 1.99. The van der Waals surface area contributed by atoms with Gasteiger partial charge in [-0.25, -0.2) is 0 Å². The second kappa shape index (κ2) is 24.9. The van der Waals surface area contributed by atoms with Gasteiger partial charge in [-0.05, 0) is 37.1 Å². The van der Waals surface area contributed by atoms with Gasteiger partial charge in [0.2, 0.25) is 0 Å². The molecule has 198 valence electrons. The Hall–Kier alpha value is -1.18. The van der Waals surface area contributed by atoms with Gasteiger partial charge in [0.05, 0.1) is 13.2 Å². The highest BCUT2D eigenvalue weighted by Crippen LogP contribution is 2.19. The predicted octanol–water partition coefficient (Wildman–Crippen LogP) is 11.1. The Balaban J connectivity index is 1.87. The standard InChI is InChI=1S/C32H58O2/c1-3-5-7-9-11-13-15-17-19-21-23-29-33-31-25-27-32(28-26-31)34-30-24-22-20-18-16-14-12-10-8-6-4-2/h25-28H,3-24,29-30H2,1-2H3. The molecule has 0 heterocycles. The molecule has 0 saturated carbocycles. The topological polar surface area (TPSA) is 18.5 Å². The van der Waals surface area contributed by atoms with Crippen LogP contribution in [0.25, 0.3) is 0 Å². The first-order chi connectivity index (χ1) is 16.9. The van der Waals surface area contributed by atoms with Crippen molar-refractivity contribution < 1.29 is 9.47 Å². The number of hydrogen-bond donors (Lipinski definition) is 0. The largest absolute Gasteiger partial charge is 0.494 e. The average molecular weight is 475 g/mol. The zero-order valence-electron chi connectivity index (χ0n) is 23.1. The van der Waals surface area contributed by atoms with Gasteiger partial charge in [-0.2, -0.15) is 0 Å². The molecular formula is C32H58O2. The Bertz CT molecular complexity index is 463. The Morgan fingerprint density at radius 3 is 0.853 bits per heavy atom. The normalized spacial score (nSPS) is 11.1. The lowest BCUT2D eigenvalue weighted by molar-refractivity contribution is 0.296. The van der Waals surface area contributed by atoms with Crippen molar-refractivity contribution in [3.63, 3.8) is 0 Å². The van der Waals surface area contributed by atoms with Crippen LogP contribution in [0.4, 0.5) is 0 Å². The maximum Gasteiger partial charge on any atom is 0.119 e. The summed E-state index contributed by atoms with van der Waals surface area (Å²) in [6.45, 7) is 6.23. The van der Waals surface area contributed by atoms with Gasteiger partial charge in [0.15, 0.2) is 0 Å². The van der Waals surface area contributed by atoms with E-state index in [-0.39, 0.29) is 0 Å². The minimum Gasteiger partial charge on any atom is -0.494 e. The molecular weight excluding hydrogens is 416 g/mol. The molecule has 0 aliphatic carbocycles. The van der Waals surface area contributed by atoms with E-state index in [0.717, 1.165) is 37.6 Å². The fourth-order valence-corrected chi connectivity index (χ4v) is 4.54. The number of hydrogen-bond acceptors (Lipinski definition) is 2. The second-order valence-corrected chi connectivity index (χ2v) is 10.2. The summed E-state index contributed by atoms with van der Waals surface area (Å²) in [6, 6.07) is 8.20. The molecule has 1 aromatic carbocycles. The van der Waals surface area contributed by atoms with E-state index in [1.807, 2.05) is 24.3 Å². The van der Waals surface area contributed by atoms with Crippen molar-refractivity contribution in [2.45, 2.75) is 155 Å². The van der Waals surface area contributed by atoms with Gasteiger partial charge in [-0.3, -0.25) is 0 Å². The number of unbranched alkanes of at least 4 members (excludes halogenated alkanes) is 20. The fourth-order valence-electron chi connectivity index (χ4n) is 4.54. The zero-order chi connectivity index (χ0) is 24.4. The van der Waals surface area contributed by atoms with Crippen molar-refractivity contribution >= 4 is 0 Å². The van der Waals surface area contributed by atoms with Crippen LogP contribution in [0, 0.1) is 0 Å². The van der Waals surface area contributed by atoms with Crippen molar-refractivity contribution in [1.29, 1.82) is 0 Å². The maximum atomic E-state index is 5.91. The van der Waals surface area contributed by atoms with E-state index in [2.05, 4.69) is 13.8 Å². The molecule has 0 amide bonds.